The SMILES string of the molecule is Nc1cc(C2CCNC2)oc1C(=O)O. The quantitative estimate of drug-likeness (QED) is 0.645. The smallest absolute Gasteiger partial charge is 0.374 e. The van der Waals surface area contributed by atoms with Gasteiger partial charge in [0.05, 0.1) is 5.69 Å². The number of carboxylic acid groups (broad SMARTS) is 1. The summed E-state index contributed by atoms with van der Waals surface area (Å²) < 4.78 is 5.20. The van der Waals surface area contributed by atoms with Crippen LogP contribution in [-0.4, -0.2) is 24.2 Å². The van der Waals surface area contributed by atoms with E-state index in [9.17, 15) is 4.79 Å². The molecular formula is C9H12N2O3. The van der Waals surface area contributed by atoms with Gasteiger partial charge in [0.15, 0.2) is 0 Å². The van der Waals surface area contributed by atoms with E-state index in [0.717, 1.165) is 19.5 Å². The lowest BCUT2D eigenvalue weighted by Crippen LogP contribution is -2.07. The van der Waals surface area contributed by atoms with Crippen molar-refractivity contribution in [1.82, 2.24) is 5.32 Å². The minimum atomic E-state index is -1.11. The molecule has 0 aliphatic carbocycles. The molecule has 1 aromatic heterocycles. The Bertz CT molecular complexity index is 353. The number of carbonyl (C=O) groups is 1. The van der Waals surface area contributed by atoms with Crippen molar-refractivity contribution in [2.75, 3.05) is 18.8 Å². The van der Waals surface area contributed by atoms with Crippen molar-refractivity contribution in [2.45, 2.75) is 12.3 Å². The van der Waals surface area contributed by atoms with Gasteiger partial charge in [-0.15, -0.1) is 0 Å². The fraction of sp³-hybridized carbons (Fsp3) is 0.444. The second-order valence-corrected chi connectivity index (χ2v) is 3.43. The van der Waals surface area contributed by atoms with Crippen molar-refractivity contribution < 1.29 is 14.3 Å². The highest BCUT2D eigenvalue weighted by molar-refractivity contribution is 5.90. The Morgan fingerprint density at radius 2 is 2.50 bits per heavy atom. The molecule has 4 N–H and O–H groups in total. The first-order chi connectivity index (χ1) is 6.68. The van der Waals surface area contributed by atoms with Gasteiger partial charge >= 0.3 is 5.97 Å². The Hall–Kier alpha value is -1.49. The van der Waals surface area contributed by atoms with Crippen molar-refractivity contribution >= 4 is 11.7 Å². The molecule has 76 valence electrons. The van der Waals surface area contributed by atoms with Crippen LogP contribution in [0.2, 0.25) is 0 Å². The molecule has 1 atom stereocenters. The van der Waals surface area contributed by atoms with E-state index in [1.165, 1.54) is 0 Å². The maximum absolute atomic E-state index is 10.7. The number of hydrogen-bond acceptors (Lipinski definition) is 4. The molecule has 14 heavy (non-hydrogen) atoms. The lowest BCUT2D eigenvalue weighted by atomic mass is 10.1. The van der Waals surface area contributed by atoms with Crippen molar-refractivity contribution in [3.63, 3.8) is 0 Å². The van der Waals surface area contributed by atoms with E-state index in [0.29, 0.717) is 5.76 Å². The second-order valence-electron chi connectivity index (χ2n) is 3.43. The molecule has 2 heterocycles. The van der Waals surface area contributed by atoms with Gasteiger partial charge in [0.2, 0.25) is 5.76 Å². The van der Waals surface area contributed by atoms with Gasteiger partial charge in [-0.05, 0) is 13.0 Å². The van der Waals surface area contributed by atoms with Gasteiger partial charge in [-0.25, -0.2) is 4.79 Å². The molecule has 1 aliphatic heterocycles. The number of nitrogens with one attached hydrogen (secondary N) is 1. The van der Waals surface area contributed by atoms with Crippen LogP contribution in [-0.2, 0) is 0 Å². The molecule has 1 aromatic rings. The van der Waals surface area contributed by atoms with Crippen LogP contribution >= 0.6 is 0 Å². The van der Waals surface area contributed by atoms with E-state index >= 15 is 0 Å². The average Bonchev–Trinajstić information content (AvgIpc) is 2.70. The molecule has 1 saturated heterocycles. The summed E-state index contributed by atoms with van der Waals surface area (Å²) in [5, 5.41) is 11.9. The van der Waals surface area contributed by atoms with Crippen LogP contribution in [0, 0.1) is 0 Å². The first kappa shape index (κ1) is 9.08. The molecule has 0 aromatic carbocycles. The van der Waals surface area contributed by atoms with Crippen molar-refractivity contribution in [3.05, 3.63) is 17.6 Å². The number of nitrogen functional groups attached to an aromatic ring is 1. The third kappa shape index (κ3) is 1.46. The monoisotopic (exact) mass is 196 g/mol. The predicted molar refractivity (Wildman–Crippen MR) is 50.3 cm³/mol. The summed E-state index contributed by atoms with van der Waals surface area (Å²) in [5.41, 5.74) is 5.72. The zero-order chi connectivity index (χ0) is 10.1. The normalized spacial score (nSPS) is 21.3. The Labute approximate surface area is 80.9 Å². The molecule has 0 bridgehead atoms. The lowest BCUT2D eigenvalue weighted by molar-refractivity contribution is 0.0661. The standard InChI is InChI=1S/C9H12N2O3/c10-6-3-7(5-1-2-11-4-5)14-8(6)9(12)13/h3,5,11H,1-2,4,10H2,(H,12,13). The molecule has 0 radical (unpaired) electrons. The zero-order valence-corrected chi connectivity index (χ0v) is 7.62. The fourth-order valence-corrected chi connectivity index (χ4v) is 1.69. The first-order valence-corrected chi connectivity index (χ1v) is 4.51. The van der Waals surface area contributed by atoms with Crippen molar-refractivity contribution in [1.29, 1.82) is 0 Å². The summed E-state index contributed by atoms with van der Waals surface area (Å²) in [4.78, 5) is 10.7. The molecule has 0 saturated carbocycles. The fourth-order valence-electron chi connectivity index (χ4n) is 1.69. The molecule has 1 fully saturated rings. The summed E-state index contributed by atoms with van der Waals surface area (Å²) in [5.74, 6) is -0.332. The van der Waals surface area contributed by atoms with E-state index in [1.807, 2.05) is 0 Å². The van der Waals surface area contributed by atoms with Gasteiger partial charge < -0.3 is 20.6 Å². The maximum atomic E-state index is 10.7. The Balaban J connectivity index is 2.27. The van der Waals surface area contributed by atoms with E-state index in [4.69, 9.17) is 15.3 Å². The topological polar surface area (TPSA) is 88.5 Å². The summed E-state index contributed by atoms with van der Waals surface area (Å²) in [6.45, 7) is 1.76. The van der Waals surface area contributed by atoms with Crippen molar-refractivity contribution in [3.8, 4) is 0 Å². The number of aromatic carboxylic acids is 1. The van der Waals surface area contributed by atoms with E-state index < -0.39 is 5.97 Å². The summed E-state index contributed by atoms with van der Waals surface area (Å²) in [7, 11) is 0. The summed E-state index contributed by atoms with van der Waals surface area (Å²) in [6, 6.07) is 1.61. The molecule has 1 aliphatic rings. The van der Waals surface area contributed by atoms with Gasteiger partial charge in [-0.2, -0.15) is 0 Å². The van der Waals surface area contributed by atoms with Crippen LogP contribution in [0.4, 0.5) is 5.69 Å². The Morgan fingerprint density at radius 1 is 1.71 bits per heavy atom. The number of nitrogens with two attached hydrogens (primary N) is 1. The predicted octanol–water partition coefficient (Wildman–Crippen LogP) is 0.637. The van der Waals surface area contributed by atoms with Gasteiger partial charge in [0.25, 0.3) is 0 Å². The Kier molecular flexibility index (Phi) is 2.17. The number of hydrogen-bond donors (Lipinski definition) is 3. The highest BCUT2D eigenvalue weighted by Crippen LogP contribution is 2.28. The lowest BCUT2D eigenvalue weighted by Gasteiger charge is -2.01. The summed E-state index contributed by atoms with van der Waals surface area (Å²) >= 11 is 0. The molecule has 1 unspecified atom stereocenters. The zero-order valence-electron chi connectivity index (χ0n) is 7.62. The molecular weight excluding hydrogens is 184 g/mol. The summed E-state index contributed by atoms with van der Waals surface area (Å²) in [6.07, 6.45) is 0.964. The second kappa shape index (κ2) is 3.34. The number of carboxylic acids is 1. The van der Waals surface area contributed by atoms with Crippen LogP contribution in [0.5, 0.6) is 0 Å². The largest absolute Gasteiger partial charge is 0.475 e. The molecule has 5 nitrogen and oxygen atoms in total. The number of furan rings is 1. The van der Waals surface area contributed by atoms with Crippen LogP contribution in [0.15, 0.2) is 10.5 Å². The van der Waals surface area contributed by atoms with Crippen LogP contribution in [0.1, 0.15) is 28.7 Å². The molecule has 0 spiro atoms. The maximum Gasteiger partial charge on any atom is 0.374 e. The van der Waals surface area contributed by atoms with Gasteiger partial charge in [-0.1, -0.05) is 0 Å². The number of rotatable bonds is 2. The van der Waals surface area contributed by atoms with Crippen LogP contribution in [0.3, 0.4) is 0 Å². The van der Waals surface area contributed by atoms with Gasteiger partial charge in [0, 0.05) is 18.5 Å². The van der Waals surface area contributed by atoms with Crippen LogP contribution < -0.4 is 11.1 Å². The average molecular weight is 196 g/mol. The highest BCUT2D eigenvalue weighted by atomic mass is 16.4. The molecule has 0 amide bonds. The van der Waals surface area contributed by atoms with Gasteiger partial charge in [0.1, 0.15) is 5.76 Å². The van der Waals surface area contributed by atoms with Crippen molar-refractivity contribution in [2.24, 2.45) is 0 Å². The van der Waals surface area contributed by atoms with Crippen LogP contribution in [0.25, 0.3) is 0 Å². The van der Waals surface area contributed by atoms with Gasteiger partial charge in [-0.3, -0.25) is 0 Å². The molecule has 2 rings (SSSR count). The third-order valence-electron chi connectivity index (χ3n) is 2.44. The third-order valence-corrected chi connectivity index (χ3v) is 2.44. The highest BCUT2D eigenvalue weighted by Gasteiger charge is 2.23. The molecule has 5 heteroatoms. The Morgan fingerprint density at radius 3 is 3.00 bits per heavy atom. The van der Waals surface area contributed by atoms with E-state index in [2.05, 4.69) is 5.32 Å². The minimum Gasteiger partial charge on any atom is -0.475 e. The van der Waals surface area contributed by atoms with E-state index in [1.54, 1.807) is 6.07 Å². The first-order valence-electron chi connectivity index (χ1n) is 4.51. The van der Waals surface area contributed by atoms with E-state index in [-0.39, 0.29) is 17.4 Å². The minimum absolute atomic E-state index is 0.146. The number of anilines is 1.